The van der Waals surface area contributed by atoms with E-state index in [1.54, 1.807) is 6.20 Å². The van der Waals surface area contributed by atoms with E-state index in [-0.39, 0.29) is 5.92 Å². The molecule has 21 heavy (non-hydrogen) atoms. The molecule has 0 spiro atoms. The Hall–Kier alpha value is -2.36. The maximum Gasteiger partial charge on any atom is 0.407 e. The van der Waals surface area contributed by atoms with E-state index in [0.29, 0.717) is 36.9 Å². The zero-order valence-electron chi connectivity index (χ0n) is 11.6. The highest BCUT2D eigenvalue weighted by molar-refractivity contribution is 5.65. The Morgan fingerprint density at radius 2 is 2.33 bits per heavy atom. The predicted octanol–water partition coefficient (Wildman–Crippen LogP) is 1.64. The molecule has 0 bridgehead atoms. The van der Waals surface area contributed by atoms with Crippen LogP contribution in [0.1, 0.15) is 36.6 Å². The SMILES string of the molecule is N#Cc1cnc(C2CC2)nc1NCC1CCN(C(=O)O)C1. The number of nitriles is 1. The lowest BCUT2D eigenvalue weighted by Gasteiger charge is -2.14. The van der Waals surface area contributed by atoms with Gasteiger partial charge < -0.3 is 15.3 Å². The molecule has 0 radical (unpaired) electrons. The second kappa shape index (κ2) is 5.56. The van der Waals surface area contributed by atoms with Crippen molar-refractivity contribution < 1.29 is 9.90 Å². The monoisotopic (exact) mass is 287 g/mol. The van der Waals surface area contributed by atoms with E-state index in [4.69, 9.17) is 10.4 Å². The number of hydrogen-bond donors (Lipinski definition) is 2. The van der Waals surface area contributed by atoms with Crippen molar-refractivity contribution in [3.8, 4) is 6.07 Å². The highest BCUT2D eigenvalue weighted by Crippen LogP contribution is 2.38. The van der Waals surface area contributed by atoms with E-state index >= 15 is 0 Å². The first-order valence-corrected chi connectivity index (χ1v) is 7.16. The summed E-state index contributed by atoms with van der Waals surface area (Å²) in [6.07, 6.45) is 3.76. The molecule has 2 fully saturated rings. The van der Waals surface area contributed by atoms with Crippen LogP contribution >= 0.6 is 0 Å². The first-order valence-electron chi connectivity index (χ1n) is 7.16. The normalized spacial score (nSPS) is 21.1. The molecule has 1 saturated carbocycles. The molecular formula is C14H17N5O2. The smallest absolute Gasteiger partial charge is 0.407 e. The molecular weight excluding hydrogens is 270 g/mol. The van der Waals surface area contributed by atoms with Crippen molar-refractivity contribution in [3.05, 3.63) is 17.6 Å². The van der Waals surface area contributed by atoms with Gasteiger partial charge in [0.1, 0.15) is 23.3 Å². The average Bonchev–Trinajstić information content (AvgIpc) is 3.22. The van der Waals surface area contributed by atoms with Crippen LogP contribution in [0.25, 0.3) is 0 Å². The summed E-state index contributed by atoms with van der Waals surface area (Å²) in [5.41, 5.74) is 0.437. The van der Waals surface area contributed by atoms with Crippen molar-refractivity contribution in [2.24, 2.45) is 5.92 Å². The van der Waals surface area contributed by atoms with Crippen molar-refractivity contribution in [3.63, 3.8) is 0 Å². The summed E-state index contributed by atoms with van der Waals surface area (Å²) in [5, 5.41) is 21.3. The maximum atomic E-state index is 10.9. The Morgan fingerprint density at radius 1 is 1.52 bits per heavy atom. The van der Waals surface area contributed by atoms with Gasteiger partial charge in [0, 0.05) is 25.6 Å². The van der Waals surface area contributed by atoms with Gasteiger partial charge in [-0.05, 0) is 25.2 Å². The molecule has 1 saturated heterocycles. The lowest BCUT2D eigenvalue weighted by Crippen LogP contribution is -2.28. The van der Waals surface area contributed by atoms with Gasteiger partial charge in [-0.2, -0.15) is 5.26 Å². The summed E-state index contributed by atoms with van der Waals surface area (Å²) < 4.78 is 0. The average molecular weight is 287 g/mol. The second-order valence-corrected chi connectivity index (χ2v) is 5.64. The van der Waals surface area contributed by atoms with Crippen molar-refractivity contribution >= 4 is 11.9 Å². The van der Waals surface area contributed by atoms with Crippen LogP contribution in [0.2, 0.25) is 0 Å². The summed E-state index contributed by atoms with van der Waals surface area (Å²) in [6.45, 7) is 1.73. The molecule has 1 unspecified atom stereocenters. The maximum absolute atomic E-state index is 10.9. The van der Waals surface area contributed by atoms with Crippen molar-refractivity contribution in [1.82, 2.24) is 14.9 Å². The molecule has 2 heterocycles. The van der Waals surface area contributed by atoms with Gasteiger partial charge in [0.05, 0.1) is 6.20 Å². The molecule has 1 amide bonds. The minimum Gasteiger partial charge on any atom is -0.465 e. The molecule has 2 N–H and O–H groups in total. The number of aromatic nitrogens is 2. The number of nitrogens with one attached hydrogen (secondary N) is 1. The van der Waals surface area contributed by atoms with Gasteiger partial charge in [-0.1, -0.05) is 0 Å². The Bertz CT molecular complexity index is 594. The Balaban J connectivity index is 1.63. The summed E-state index contributed by atoms with van der Waals surface area (Å²) in [7, 11) is 0. The molecule has 1 aliphatic heterocycles. The fourth-order valence-electron chi connectivity index (χ4n) is 2.56. The fraction of sp³-hybridized carbons (Fsp3) is 0.571. The van der Waals surface area contributed by atoms with E-state index in [1.807, 2.05) is 0 Å². The van der Waals surface area contributed by atoms with Gasteiger partial charge in [-0.15, -0.1) is 0 Å². The van der Waals surface area contributed by atoms with Gasteiger partial charge in [0.15, 0.2) is 0 Å². The van der Waals surface area contributed by atoms with Crippen LogP contribution in [0.5, 0.6) is 0 Å². The molecule has 1 atom stereocenters. The topological polar surface area (TPSA) is 102 Å². The van der Waals surface area contributed by atoms with Crippen LogP contribution < -0.4 is 5.32 Å². The van der Waals surface area contributed by atoms with Crippen LogP contribution in [-0.4, -0.2) is 45.7 Å². The number of carbonyl (C=O) groups is 1. The highest BCUT2D eigenvalue weighted by Gasteiger charge is 2.28. The van der Waals surface area contributed by atoms with Crippen molar-refractivity contribution in [2.45, 2.75) is 25.2 Å². The number of hydrogen-bond acceptors (Lipinski definition) is 5. The molecule has 1 aromatic heterocycles. The first-order chi connectivity index (χ1) is 10.2. The minimum absolute atomic E-state index is 0.256. The summed E-state index contributed by atoms with van der Waals surface area (Å²) >= 11 is 0. The molecule has 7 heteroatoms. The first kappa shape index (κ1) is 13.6. The molecule has 7 nitrogen and oxygen atoms in total. The molecule has 2 aliphatic rings. The largest absolute Gasteiger partial charge is 0.465 e. The Morgan fingerprint density at radius 3 is 2.95 bits per heavy atom. The van der Waals surface area contributed by atoms with E-state index in [2.05, 4.69) is 21.4 Å². The standard InChI is InChI=1S/C14H17N5O2/c15-5-11-7-17-12(10-1-2-10)18-13(11)16-6-9-3-4-19(8-9)14(20)21/h7,9-10H,1-4,6,8H2,(H,20,21)(H,16,17,18). The van der Waals surface area contributed by atoms with Crippen molar-refractivity contribution in [1.29, 1.82) is 5.26 Å². The van der Waals surface area contributed by atoms with Gasteiger partial charge in [0.2, 0.25) is 0 Å². The number of amides is 1. The number of nitrogens with zero attached hydrogens (tertiary/aromatic N) is 4. The van der Waals surface area contributed by atoms with Crippen LogP contribution in [-0.2, 0) is 0 Å². The summed E-state index contributed by atoms with van der Waals surface area (Å²) in [6, 6.07) is 2.09. The third-order valence-electron chi connectivity index (χ3n) is 3.98. The van der Waals surface area contributed by atoms with Gasteiger partial charge in [-0.3, -0.25) is 0 Å². The quantitative estimate of drug-likeness (QED) is 0.872. The lowest BCUT2D eigenvalue weighted by atomic mass is 10.1. The zero-order chi connectivity index (χ0) is 14.8. The van der Waals surface area contributed by atoms with Crippen LogP contribution in [0.15, 0.2) is 6.20 Å². The lowest BCUT2D eigenvalue weighted by molar-refractivity contribution is 0.154. The van der Waals surface area contributed by atoms with Gasteiger partial charge in [-0.25, -0.2) is 14.8 Å². The summed E-state index contributed by atoms with van der Waals surface area (Å²) in [5.74, 6) is 2.07. The molecule has 0 aromatic carbocycles. The Labute approximate surface area is 122 Å². The molecule has 110 valence electrons. The summed E-state index contributed by atoms with van der Waals surface area (Å²) in [4.78, 5) is 21.0. The van der Waals surface area contributed by atoms with E-state index < -0.39 is 6.09 Å². The minimum atomic E-state index is -0.867. The fourth-order valence-corrected chi connectivity index (χ4v) is 2.56. The van der Waals surface area contributed by atoms with Crippen molar-refractivity contribution in [2.75, 3.05) is 25.0 Å². The van der Waals surface area contributed by atoms with Crippen LogP contribution in [0.3, 0.4) is 0 Å². The van der Waals surface area contributed by atoms with E-state index in [9.17, 15) is 4.79 Å². The van der Waals surface area contributed by atoms with Crippen LogP contribution in [0.4, 0.5) is 10.6 Å². The van der Waals surface area contributed by atoms with E-state index in [0.717, 1.165) is 25.1 Å². The number of carboxylic acid groups (broad SMARTS) is 1. The predicted molar refractivity (Wildman–Crippen MR) is 74.9 cm³/mol. The third kappa shape index (κ3) is 3.05. The van der Waals surface area contributed by atoms with E-state index in [1.165, 1.54) is 4.90 Å². The number of rotatable bonds is 4. The number of likely N-dealkylation sites (tertiary alicyclic amines) is 1. The number of anilines is 1. The highest BCUT2D eigenvalue weighted by atomic mass is 16.4. The zero-order valence-corrected chi connectivity index (χ0v) is 11.6. The Kier molecular flexibility index (Phi) is 3.60. The van der Waals surface area contributed by atoms with Gasteiger partial charge in [0.25, 0.3) is 0 Å². The van der Waals surface area contributed by atoms with Crippen LogP contribution in [0, 0.1) is 17.2 Å². The molecule has 1 aromatic rings. The van der Waals surface area contributed by atoms with Gasteiger partial charge >= 0.3 is 6.09 Å². The third-order valence-corrected chi connectivity index (χ3v) is 3.98. The second-order valence-electron chi connectivity index (χ2n) is 5.64. The molecule has 3 rings (SSSR count). The molecule has 1 aliphatic carbocycles.